The molecule has 0 aliphatic rings. The van der Waals surface area contributed by atoms with E-state index >= 15 is 0 Å². The number of hydrogen-bond donors (Lipinski definition) is 1. The van der Waals surface area contributed by atoms with E-state index in [-0.39, 0.29) is 10.6 Å². The van der Waals surface area contributed by atoms with Gasteiger partial charge in [0.15, 0.2) is 5.75 Å². The van der Waals surface area contributed by atoms with Crippen molar-refractivity contribution in [2.75, 3.05) is 12.4 Å². The second-order valence-corrected chi connectivity index (χ2v) is 6.00. The highest BCUT2D eigenvalue weighted by Gasteiger charge is 2.17. The summed E-state index contributed by atoms with van der Waals surface area (Å²) < 4.78 is 29.2. The van der Waals surface area contributed by atoms with Crippen molar-refractivity contribution in [1.29, 1.82) is 0 Å². The molecule has 2 aromatic carbocycles. The van der Waals surface area contributed by atoms with Crippen LogP contribution in [0, 0.1) is 6.92 Å². The van der Waals surface area contributed by atoms with E-state index in [2.05, 4.69) is 5.32 Å². The molecule has 0 aromatic heterocycles. The van der Waals surface area contributed by atoms with Crippen LogP contribution in [0.4, 0.5) is 5.69 Å². The number of anilines is 1. The van der Waals surface area contributed by atoms with Gasteiger partial charge in [0.05, 0.1) is 0 Å². The molecular formula is C15H15NO4S. The normalized spacial score (nSPS) is 11.0. The van der Waals surface area contributed by atoms with Gasteiger partial charge in [0.25, 0.3) is 0 Å². The lowest BCUT2D eigenvalue weighted by atomic mass is 10.2. The van der Waals surface area contributed by atoms with Crippen molar-refractivity contribution in [3.8, 4) is 5.75 Å². The van der Waals surface area contributed by atoms with Gasteiger partial charge in [-0.25, -0.2) is 0 Å². The molecule has 2 rings (SSSR count). The lowest BCUT2D eigenvalue weighted by molar-refractivity contribution is 0.484. The molecule has 0 spiro atoms. The smallest absolute Gasteiger partial charge is 0.339 e. The first-order chi connectivity index (χ1) is 9.92. The topological polar surface area (TPSA) is 72.5 Å². The zero-order chi connectivity index (χ0) is 15.5. The Bertz CT molecular complexity index is 799. The number of benzene rings is 1. The molecule has 1 N–H and O–H groups in total. The number of aryl methyl sites for hydroxylation is 1. The molecule has 21 heavy (non-hydrogen) atoms. The third-order valence-corrected chi connectivity index (χ3v) is 4.12. The predicted octanol–water partition coefficient (Wildman–Crippen LogP) is 2.16. The van der Waals surface area contributed by atoms with Crippen LogP contribution in [0.25, 0.3) is 0 Å². The highest BCUT2D eigenvalue weighted by molar-refractivity contribution is 7.87. The molecule has 0 fully saturated rings. The average molecular weight is 305 g/mol. The van der Waals surface area contributed by atoms with Crippen LogP contribution in [-0.2, 0) is 10.1 Å². The van der Waals surface area contributed by atoms with E-state index in [1.807, 2.05) is 6.92 Å². The van der Waals surface area contributed by atoms with Crippen molar-refractivity contribution in [2.24, 2.45) is 0 Å². The fraction of sp³-hybridized carbons (Fsp3) is 0.133. The van der Waals surface area contributed by atoms with Gasteiger partial charge in [0.1, 0.15) is 4.90 Å². The molecule has 6 heteroatoms. The maximum atomic E-state index is 12.1. The van der Waals surface area contributed by atoms with Gasteiger partial charge in [0.2, 0.25) is 5.43 Å². The van der Waals surface area contributed by atoms with E-state index < -0.39 is 15.5 Å². The minimum absolute atomic E-state index is 0.00726. The summed E-state index contributed by atoms with van der Waals surface area (Å²) in [5.74, 6) is -0.239. The van der Waals surface area contributed by atoms with Crippen molar-refractivity contribution in [3.63, 3.8) is 0 Å². The molecule has 0 atom stereocenters. The Hall–Kier alpha value is -2.34. The Kier molecular flexibility index (Phi) is 4.28. The maximum absolute atomic E-state index is 12.1. The van der Waals surface area contributed by atoms with Crippen LogP contribution in [0.15, 0.2) is 58.2 Å². The van der Waals surface area contributed by atoms with Gasteiger partial charge in [-0.05, 0) is 43.3 Å². The van der Waals surface area contributed by atoms with Gasteiger partial charge >= 0.3 is 10.1 Å². The first-order valence-corrected chi connectivity index (χ1v) is 7.66. The van der Waals surface area contributed by atoms with Crippen molar-refractivity contribution in [3.05, 3.63) is 64.3 Å². The van der Waals surface area contributed by atoms with Crippen LogP contribution in [0.3, 0.4) is 0 Å². The molecular weight excluding hydrogens is 290 g/mol. The molecule has 0 saturated heterocycles. The lowest BCUT2D eigenvalue weighted by Crippen LogP contribution is -2.14. The Morgan fingerprint density at radius 1 is 0.952 bits per heavy atom. The molecule has 0 saturated carbocycles. The van der Waals surface area contributed by atoms with Gasteiger partial charge in [-0.2, -0.15) is 8.42 Å². The largest absolute Gasteiger partial charge is 0.388 e. The molecule has 0 aliphatic heterocycles. The second kappa shape index (κ2) is 5.97. The van der Waals surface area contributed by atoms with Gasteiger partial charge in [-0.1, -0.05) is 17.7 Å². The van der Waals surface area contributed by atoms with E-state index in [4.69, 9.17) is 4.18 Å². The zero-order valence-electron chi connectivity index (χ0n) is 11.7. The van der Waals surface area contributed by atoms with Crippen LogP contribution in [-0.4, -0.2) is 15.5 Å². The lowest BCUT2D eigenvalue weighted by Gasteiger charge is -2.05. The molecule has 0 bridgehead atoms. The Labute approximate surface area is 123 Å². The Morgan fingerprint density at radius 3 is 2.19 bits per heavy atom. The molecule has 0 heterocycles. The maximum Gasteiger partial charge on any atom is 0.339 e. The minimum atomic E-state index is -4.02. The van der Waals surface area contributed by atoms with Gasteiger partial charge in [-0.3, -0.25) is 4.79 Å². The standard InChI is InChI=1S/C15H15NO4S/c1-11-3-7-13(8-4-11)21(18,19)20-15-10-6-12(16-2)5-9-14(15)17/h3-10,16H,1-2H3. The van der Waals surface area contributed by atoms with Crippen molar-refractivity contribution >= 4 is 15.8 Å². The predicted molar refractivity (Wildman–Crippen MR) is 81.3 cm³/mol. The number of hydrogen-bond acceptors (Lipinski definition) is 5. The van der Waals surface area contributed by atoms with E-state index in [0.717, 1.165) is 5.56 Å². The van der Waals surface area contributed by atoms with E-state index in [1.165, 1.54) is 24.3 Å². The number of nitrogens with one attached hydrogen (secondary N) is 1. The Morgan fingerprint density at radius 2 is 1.57 bits per heavy atom. The third kappa shape index (κ3) is 3.61. The van der Waals surface area contributed by atoms with Gasteiger partial charge in [0, 0.05) is 12.7 Å². The first kappa shape index (κ1) is 15.1. The van der Waals surface area contributed by atoms with E-state index in [0.29, 0.717) is 5.69 Å². The van der Waals surface area contributed by atoms with Crippen molar-refractivity contribution < 1.29 is 12.6 Å². The quantitative estimate of drug-likeness (QED) is 0.876. The summed E-state index contributed by atoms with van der Waals surface area (Å²) in [5.41, 5.74) is 1.10. The van der Waals surface area contributed by atoms with Crippen LogP contribution in [0.5, 0.6) is 5.75 Å². The zero-order valence-corrected chi connectivity index (χ0v) is 12.5. The first-order valence-electron chi connectivity index (χ1n) is 6.26. The van der Waals surface area contributed by atoms with Crippen LogP contribution < -0.4 is 14.9 Å². The molecule has 0 unspecified atom stereocenters. The molecule has 0 amide bonds. The minimum Gasteiger partial charge on any atom is -0.388 e. The fourth-order valence-corrected chi connectivity index (χ4v) is 2.60. The van der Waals surface area contributed by atoms with Crippen molar-refractivity contribution in [1.82, 2.24) is 0 Å². The Balaban J connectivity index is 2.39. The summed E-state index contributed by atoms with van der Waals surface area (Å²) in [6.07, 6.45) is 0. The average Bonchev–Trinajstić information content (AvgIpc) is 2.62. The summed E-state index contributed by atoms with van der Waals surface area (Å²) in [6, 6.07) is 11.9. The molecule has 0 radical (unpaired) electrons. The highest BCUT2D eigenvalue weighted by atomic mass is 32.2. The van der Waals surface area contributed by atoms with Crippen LogP contribution in [0.1, 0.15) is 5.56 Å². The van der Waals surface area contributed by atoms with Gasteiger partial charge in [-0.15, -0.1) is 0 Å². The van der Waals surface area contributed by atoms with Crippen LogP contribution in [0.2, 0.25) is 0 Å². The number of rotatable bonds is 4. The monoisotopic (exact) mass is 305 g/mol. The summed E-state index contributed by atoms with van der Waals surface area (Å²) in [7, 11) is -2.32. The molecule has 2 aromatic rings. The van der Waals surface area contributed by atoms with Crippen LogP contribution >= 0.6 is 0 Å². The fourth-order valence-electron chi connectivity index (χ4n) is 1.66. The second-order valence-electron chi connectivity index (χ2n) is 4.45. The van der Waals surface area contributed by atoms with Crippen molar-refractivity contribution in [2.45, 2.75) is 11.8 Å². The summed E-state index contributed by atoms with van der Waals surface area (Å²) in [6.45, 7) is 1.85. The third-order valence-electron chi connectivity index (χ3n) is 2.87. The van der Waals surface area contributed by atoms with E-state index in [1.54, 1.807) is 31.3 Å². The molecule has 110 valence electrons. The summed E-state index contributed by atoms with van der Waals surface area (Å²) in [5, 5.41) is 2.86. The highest BCUT2D eigenvalue weighted by Crippen LogP contribution is 2.16. The van der Waals surface area contributed by atoms with E-state index in [9.17, 15) is 13.2 Å². The molecule has 5 nitrogen and oxygen atoms in total. The molecule has 0 aliphatic carbocycles. The van der Waals surface area contributed by atoms with Gasteiger partial charge < -0.3 is 9.50 Å². The summed E-state index contributed by atoms with van der Waals surface area (Å²) in [4.78, 5) is 11.8. The SMILES string of the molecule is CNc1ccc(OS(=O)(=O)c2ccc(C)cc2)c(=O)cc1. The summed E-state index contributed by atoms with van der Waals surface area (Å²) >= 11 is 0.